The predicted octanol–water partition coefficient (Wildman–Crippen LogP) is 5.71. The molecular weight excluding hydrogens is 362 g/mol. The summed E-state index contributed by atoms with van der Waals surface area (Å²) in [5.41, 5.74) is 2.55. The van der Waals surface area contributed by atoms with Crippen LogP contribution in [0.1, 0.15) is 33.3 Å². The predicted molar refractivity (Wildman–Crippen MR) is 116 cm³/mol. The Bertz CT molecular complexity index is 1000. The number of imide groups is 1. The summed E-state index contributed by atoms with van der Waals surface area (Å²) in [6.07, 6.45) is 4.72. The second-order valence-electron chi connectivity index (χ2n) is 7.83. The lowest BCUT2D eigenvalue weighted by Crippen LogP contribution is -2.29. The minimum absolute atomic E-state index is 0.0830. The Labute approximate surface area is 171 Å². The monoisotopic (exact) mass is 387 g/mol. The summed E-state index contributed by atoms with van der Waals surface area (Å²) in [6.45, 7) is 11.8. The van der Waals surface area contributed by atoms with E-state index in [4.69, 9.17) is 4.74 Å². The van der Waals surface area contributed by atoms with Gasteiger partial charge in [0.1, 0.15) is 11.5 Å². The molecule has 0 N–H and O–H groups in total. The summed E-state index contributed by atoms with van der Waals surface area (Å²) >= 11 is 0. The van der Waals surface area contributed by atoms with Crippen LogP contribution >= 0.6 is 0 Å². The molecular formula is C25H25NO3. The first-order valence-corrected chi connectivity index (χ1v) is 9.53. The van der Waals surface area contributed by atoms with Gasteiger partial charge >= 0.3 is 0 Å². The van der Waals surface area contributed by atoms with E-state index in [-0.39, 0.29) is 17.2 Å². The van der Waals surface area contributed by atoms with E-state index in [2.05, 4.69) is 39.5 Å². The highest BCUT2D eigenvalue weighted by Gasteiger charge is 2.38. The largest absolute Gasteiger partial charge is 0.457 e. The molecule has 2 amide bonds. The molecule has 0 spiro atoms. The van der Waals surface area contributed by atoms with Crippen molar-refractivity contribution >= 4 is 17.5 Å². The molecule has 1 aliphatic rings. The maximum atomic E-state index is 12.7. The molecule has 1 saturated heterocycles. The molecule has 2 aromatic rings. The Morgan fingerprint density at radius 1 is 0.862 bits per heavy atom. The quantitative estimate of drug-likeness (QED) is 0.499. The Kier molecular flexibility index (Phi) is 5.55. The van der Waals surface area contributed by atoms with Gasteiger partial charge in [-0.3, -0.25) is 9.59 Å². The van der Waals surface area contributed by atoms with Crippen LogP contribution in [-0.4, -0.2) is 11.8 Å². The third-order valence-electron chi connectivity index (χ3n) is 4.78. The van der Waals surface area contributed by atoms with Crippen molar-refractivity contribution in [2.24, 2.45) is 0 Å². The standard InChI is InChI=1S/C25H25NO3/c1-6-8-22-21(7-2)23(27)26(24(22)28)18-11-15-20(16-12-18)29-19-13-9-17(10-14-19)25(3,4)5/h6-16H,1H2,2-5H3/b21-7+,22-8+. The van der Waals surface area contributed by atoms with Crippen LogP contribution in [0.15, 0.2) is 84.5 Å². The van der Waals surface area contributed by atoms with Crippen LogP contribution in [0, 0.1) is 0 Å². The summed E-state index contributed by atoms with van der Waals surface area (Å²) < 4.78 is 5.89. The van der Waals surface area contributed by atoms with E-state index in [1.165, 1.54) is 16.5 Å². The van der Waals surface area contributed by atoms with Crippen molar-refractivity contribution in [2.45, 2.75) is 33.1 Å². The molecule has 0 saturated carbocycles. The molecule has 148 valence electrons. The van der Waals surface area contributed by atoms with Gasteiger partial charge in [0, 0.05) is 5.57 Å². The van der Waals surface area contributed by atoms with Gasteiger partial charge in [0.25, 0.3) is 11.8 Å². The number of carbonyl (C=O) groups is 2. The normalized spacial score (nSPS) is 17.3. The Balaban J connectivity index is 1.80. The SMILES string of the molecule is C=C/C=C1/C(=O)N(c2ccc(Oc3ccc(C(C)(C)C)cc3)cc2)C(=O)/C1=C/C. The van der Waals surface area contributed by atoms with Gasteiger partial charge in [-0.1, -0.05) is 51.6 Å². The van der Waals surface area contributed by atoms with Gasteiger partial charge < -0.3 is 4.74 Å². The number of amides is 2. The van der Waals surface area contributed by atoms with Crippen LogP contribution in [0.25, 0.3) is 0 Å². The fourth-order valence-corrected chi connectivity index (χ4v) is 3.18. The number of hydrogen-bond acceptors (Lipinski definition) is 3. The van der Waals surface area contributed by atoms with Crippen LogP contribution in [0.3, 0.4) is 0 Å². The zero-order valence-electron chi connectivity index (χ0n) is 17.2. The average Bonchev–Trinajstić information content (AvgIpc) is 2.92. The van der Waals surface area contributed by atoms with Crippen molar-refractivity contribution in [3.8, 4) is 11.5 Å². The molecule has 0 aromatic heterocycles. The summed E-state index contributed by atoms with van der Waals surface area (Å²) in [6, 6.07) is 14.9. The third kappa shape index (κ3) is 4.06. The second kappa shape index (κ2) is 7.92. The number of rotatable bonds is 4. The summed E-state index contributed by atoms with van der Waals surface area (Å²) in [5, 5.41) is 0. The van der Waals surface area contributed by atoms with Crippen molar-refractivity contribution in [1.82, 2.24) is 0 Å². The molecule has 3 rings (SSSR count). The van der Waals surface area contributed by atoms with Crippen LogP contribution in [0.4, 0.5) is 5.69 Å². The maximum Gasteiger partial charge on any atom is 0.266 e. The Hall–Kier alpha value is -3.40. The minimum Gasteiger partial charge on any atom is -0.457 e. The maximum absolute atomic E-state index is 12.7. The summed E-state index contributed by atoms with van der Waals surface area (Å²) in [5.74, 6) is 0.669. The number of carbonyl (C=O) groups excluding carboxylic acids is 2. The number of nitrogens with zero attached hydrogens (tertiary/aromatic N) is 1. The lowest BCUT2D eigenvalue weighted by molar-refractivity contribution is -0.119. The van der Waals surface area contributed by atoms with E-state index in [1.54, 1.807) is 43.3 Å². The molecule has 0 radical (unpaired) electrons. The van der Waals surface area contributed by atoms with Crippen LogP contribution in [-0.2, 0) is 15.0 Å². The highest BCUT2D eigenvalue weighted by atomic mass is 16.5. The van der Waals surface area contributed by atoms with Crippen LogP contribution in [0.2, 0.25) is 0 Å². The van der Waals surface area contributed by atoms with E-state index >= 15 is 0 Å². The fourth-order valence-electron chi connectivity index (χ4n) is 3.18. The molecule has 0 atom stereocenters. The number of anilines is 1. The smallest absolute Gasteiger partial charge is 0.266 e. The number of allylic oxidation sites excluding steroid dienone is 3. The highest BCUT2D eigenvalue weighted by molar-refractivity contribution is 6.37. The first-order chi connectivity index (χ1) is 13.8. The zero-order valence-corrected chi connectivity index (χ0v) is 17.2. The topological polar surface area (TPSA) is 46.6 Å². The number of ether oxygens (including phenoxy) is 1. The summed E-state index contributed by atoms with van der Waals surface area (Å²) in [4.78, 5) is 26.5. The molecule has 0 aliphatic carbocycles. The molecule has 29 heavy (non-hydrogen) atoms. The van der Waals surface area contributed by atoms with E-state index < -0.39 is 0 Å². The first-order valence-electron chi connectivity index (χ1n) is 9.53. The fraction of sp³-hybridized carbons (Fsp3) is 0.200. The van der Waals surface area contributed by atoms with Crippen molar-refractivity contribution < 1.29 is 14.3 Å². The van der Waals surface area contributed by atoms with Crippen molar-refractivity contribution in [3.63, 3.8) is 0 Å². The first kappa shape index (κ1) is 20.3. The highest BCUT2D eigenvalue weighted by Crippen LogP contribution is 2.32. The van der Waals surface area contributed by atoms with Crippen molar-refractivity contribution in [3.05, 3.63) is 90.0 Å². The lowest BCUT2D eigenvalue weighted by atomic mass is 9.87. The van der Waals surface area contributed by atoms with Crippen molar-refractivity contribution in [2.75, 3.05) is 4.90 Å². The van der Waals surface area contributed by atoms with Gasteiger partial charge in [-0.15, -0.1) is 0 Å². The molecule has 0 bridgehead atoms. The van der Waals surface area contributed by atoms with Crippen LogP contribution < -0.4 is 9.64 Å². The second-order valence-corrected chi connectivity index (χ2v) is 7.83. The Morgan fingerprint density at radius 2 is 1.38 bits per heavy atom. The molecule has 4 heteroatoms. The molecule has 1 heterocycles. The van der Waals surface area contributed by atoms with Crippen molar-refractivity contribution in [1.29, 1.82) is 0 Å². The summed E-state index contributed by atoms with van der Waals surface area (Å²) in [7, 11) is 0. The van der Waals surface area contributed by atoms with E-state index in [9.17, 15) is 9.59 Å². The zero-order chi connectivity index (χ0) is 21.2. The van der Waals surface area contributed by atoms with Gasteiger partial charge in [0.2, 0.25) is 0 Å². The van der Waals surface area contributed by atoms with Crippen LogP contribution in [0.5, 0.6) is 11.5 Å². The molecule has 1 fully saturated rings. The van der Waals surface area contributed by atoms with Gasteiger partial charge in [0.15, 0.2) is 0 Å². The van der Waals surface area contributed by atoms with Gasteiger partial charge in [0.05, 0.1) is 11.3 Å². The Morgan fingerprint density at radius 3 is 1.86 bits per heavy atom. The van der Waals surface area contributed by atoms with Gasteiger partial charge in [-0.25, -0.2) is 4.90 Å². The number of hydrogen-bond donors (Lipinski definition) is 0. The lowest BCUT2D eigenvalue weighted by Gasteiger charge is -2.19. The third-order valence-corrected chi connectivity index (χ3v) is 4.78. The minimum atomic E-state index is -0.352. The van der Waals surface area contributed by atoms with E-state index in [0.717, 1.165) is 5.75 Å². The molecule has 2 aromatic carbocycles. The molecule has 1 aliphatic heterocycles. The van der Waals surface area contributed by atoms with E-state index in [0.29, 0.717) is 22.6 Å². The van der Waals surface area contributed by atoms with E-state index in [1.807, 2.05) is 12.1 Å². The van der Waals surface area contributed by atoms with Gasteiger partial charge in [-0.2, -0.15) is 0 Å². The molecule has 4 nitrogen and oxygen atoms in total. The molecule has 0 unspecified atom stereocenters. The van der Waals surface area contributed by atoms with Gasteiger partial charge in [-0.05, 0) is 60.4 Å². The average molecular weight is 387 g/mol. The number of benzene rings is 2.